The molecule has 0 aromatic rings. The Hall–Kier alpha value is -0.770. The SMILES string of the molecule is CCC1CN(C(=O)NC2CCC2)CCC1O. The molecule has 0 aromatic carbocycles. The zero-order valence-electron chi connectivity index (χ0n) is 9.98. The monoisotopic (exact) mass is 226 g/mol. The fourth-order valence-corrected chi connectivity index (χ4v) is 2.42. The molecule has 0 spiro atoms. The highest BCUT2D eigenvalue weighted by Gasteiger charge is 2.30. The number of nitrogens with one attached hydrogen (secondary N) is 1. The molecule has 1 aliphatic carbocycles. The van der Waals surface area contributed by atoms with Crippen LogP contribution in [0.25, 0.3) is 0 Å². The van der Waals surface area contributed by atoms with Gasteiger partial charge in [0.1, 0.15) is 0 Å². The van der Waals surface area contributed by atoms with Gasteiger partial charge in [0.25, 0.3) is 0 Å². The molecule has 1 aliphatic heterocycles. The highest BCUT2D eigenvalue weighted by atomic mass is 16.3. The summed E-state index contributed by atoms with van der Waals surface area (Å²) in [5, 5.41) is 12.8. The highest BCUT2D eigenvalue weighted by Crippen LogP contribution is 2.22. The van der Waals surface area contributed by atoms with E-state index in [4.69, 9.17) is 0 Å². The maximum atomic E-state index is 11.9. The van der Waals surface area contributed by atoms with E-state index < -0.39 is 0 Å². The predicted octanol–water partition coefficient (Wildman–Crippen LogP) is 1.34. The third kappa shape index (κ3) is 2.48. The van der Waals surface area contributed by atoms with Crippen LogP contribution in [0.5, 0.6) is 0 Å². The van der Waals surface area contributed by atoms with Crippen LogP contribution in [0.3, 0.4) is 0 Å². The second-order valence-electron chi connectivity index (χ2n) is 5.05. The van der Waals surface area contributed by atoms with Crippen LogP contribution < -0.4 is 5.32 Å². The van der Waals surface area contributed by atoms with Gasteiger partial charge in [0, 0.05) is 25.0 Å². The summed E-state index contributed by atoms with van der Waals surface area (Å²) >= 11 is 0. The fraction of sp³-hybridized carbons (Fsp3) is 0.917. The van der Waals surface area contributed by atoms with E-state index in [1.54, 1.807) is 0 Å². The topological polar surface area (TPSA) is 52.6 Å². The lowest BCUT2D eigenvalue weighted by molar-refractivity contribution is 0.0372. The molecule has 2 unspecified atom stereocenters. The first kappa shape index (κ1) is 11.7. The van der Waals surface area contributed by atoms with Gasteiger partial charge < -0.3 is 15.3 Å². The number of nitrogens with zero attached hydrogens (tertiary/aromatic N) is 1. The molecule has 1 saturated carbocycles. The van der Waals surface area contributed by atoms with Gasteiger partial charge in [0.05, 0.1) is 6.10 Å². The van der Waals surface area contributed by atoms with E-state index in [9.17, 15) is 9.90 Å². The van der Waals surface area contributed by atoms with Gasteiger partial charge >= 0.3 is 6.03 Å². The predicted molar refractivity (Wildman–Crippen MR) is 62.1 cm³/mol. The second kappa shape index (κ2) is 5.04. The smallest absolute Gasteiger partial charge is 0.317 e. The Morgan fingerprint density at radius 3 is 2.75 bits per heavy atom. The molecule has 2 atom stereocenters. The normalized spacial score (nSPS) is 31.0. The quantitative estimate of drug-likeness (QED) is 0.746. The molecule has 1 saturated heterocycles. The molecule has 0 aromatic heterocycles. The number of rotatable bonds is 2. The summed E-state index contributed by atoms with van der Waals surface area (Å²) in [4.78, 5) is 13.8. The van der Waals surface area contributed by atoms with Crippen molar-refractivity contribution < 1.29 is 9.90 Å². The highest BCUT2D eigenvalue weighted by molar-refractivity contribution is 5.74. The Kier molecular flexibility index (Phi) is 3.69. The van der Waals surface area contributed by atoms with Crippen LogP contribution in [-0.2, 0) is 0 Å². The molecule has 2 amide bonds. The summed E-state index contributed by atoms with van der Waals surface area (Å²) in [6.45, 7) is 3.47. The molecule has 0 bridgehead atoms. The summed E-state index contributed by atoms with van der Waals surface area (Å²) < 4.78 is 0. The molecular weight excluding hydrogens is 204 g/mol. The van der Waals surface area contributed by atoms with Crippen LogP contribution in [0.2, 0.25) is 0 Å². The van der Waals surface area contributed by atoms with E-state index >= 15 is 0 Å². The van der Waals surface area contributed by atoms with Gasteiger partial charge in [-0.25, -0.2) is 4.79 Å². The van der Waals surface area contributed by atoms with Crippen LogP contribution in [0.1, 0.15) is 39.0 Å². The zero-order valence-corrected chi connectivity index (χ0v) is 9.98. The summed E-state index contributed by atoms with van der Waals surface area (Å²) in [7, 11) is 0. The number of likely N-dealkylation sites (tertiary alicyclic amines) is 1. The molecule has 16 heavy (non-hydrogen) atoms. The van der Waals surface area contributed by atoms with E-state index in [2.05, 4.69) is 12.2 Å². The third-order valence-corrected chi connectivity index (χ3v) is 3.94. The largest absolute Gasteiger partial charge is 0.393 e. The number of urea groups is 1. The average molecular weight is 226 g/mol. The maximum Gasteiger partial charge on any atom is 0.317 e. The van der Waals surface area contributed by atoms with E-state index in [1.165, 1.54) is 6.42 Å². The molecule has 1 heterocycles. The van der Waals surface area contributed by atoms with Gasteiger partial charge in [-0.3, -0.25) is 0 Å². The Bertz CT molecular complexity index is 253. The first-order valence-electron chi connectivity index (χ1n) is 6.44. The molecule has 4 heteroatoms. The number of hydrogen-bond donors (Lipinski definition) is 2. The average Bonchev–Trinajstić information content (AvgIpc) is 2.24. The molecule has 2 aliphatic rings. The van der Waals surface area contributed by atoms with Gasteiger partial charge in [0.15, 0.2) is 0 Å². The molecule has 2 N–H and O–H groups in total. The Balaban J connectivity index is 1.81. The minimum atomic E-state index is -0.224. The summed E-state index contributed by atoms with van der Waals surface area (Å²) in [5.41, 5.74) is 0. The van der Waals surface area contributed by atoms with Gasteiger partial charge in [0.2, 0.25) is 0 Å². The van der Waals surface area contributed by atoms with Crippen LogP contribution in [0, 0.1) is 5.92 Å². The minimum Gasteiger partial charge on any atom is -0.393 e. The summed E-state index contributed by atoms with van der Waals surface area (Å²) in [6.07, 6.45) is 4.92. The van der Waals surface area contributed by atoms with Crippen LogP contribution in [0.15, 0.2) is 0 Å². The van der Waals surface area contributed by atoms with E-state index in [0.29, 0.717) is 19.1 Å². The van der Waals surface area contributed by atoms with Crippen molar-refractivity contribution in [3.05, 3.63) is 0 Å². The lowest BCUT2D eigenvalue weighted by atomic mass is 9.92. The van der Waals surface area contributed by atoms with Crippen LogP contribution in [-0.4, -0.2) is 41.3 Å². The lowest BCUT2D eigenvalue weighted by Gasteiger charge is -2.37. The summed E-state index contributed by atoms with van der Waals surface area (Å²) in [5.74, 6) is 0.251. The number of carbonyl (C=O) groups excluding carboxylic acids is 1. The standard InChI is InChI=1S/C12H22N2O2/c1-2-9-8-14(7-6-11(9)15)12(16)13-10-4-3-5-10/h9-11,15H,2-8H2,1H3,(H,13,16). The Morgan fingerprint density at radius 2 is 2.19 bits per heavy atom. The van der Waals surface area contributed by atoms with Gasteiger partial charge in [-0.15, -0.1) is 0 Å². The van der Waals surface area contributed by atoms with Gasteiger partial charge in [-0.1, -0.05) is 6.92 Å². The molecule has 4 nitrogen and oxygen atoms in total. The molecule has 0 radical (unpaired) electrons. The van der Waals surface area contributed by atoms with Crippen molar-refractivity contribution in [2.24, 2.45) is 5.92 Å². The zero-order chi connectivity index (χ0) is 11.5. The minimum absolute atomic E-state index is 0.0649. The van der Waals surface area contributed by atoms with Crippen molar-refractivity contribution in [1.29, 1.82) is 0 Å². The first-order valence-corrected chi connectivity index (χ1v) is 6.44. The second-order valence-corrected chi connectivity index (χ2v) is 5.05. The van der Waals surface area contributed by atoms with E-state index in [1.807, 2.05) is 4.90 Å². The summed E-state index contributed by atoms with van der Waals surface area (Å²) in [6, 6.07) is 0.467. The number of aliphatic hydroxyl groups excluding tert-OH is 1. The fourth-order valence-electron chi connectivity index (χ4n) is 2.42. The first-order chi connectivity index (χ1) is 7.70. The third-order valence-electron chi connectivity index (χ3n) is 3.94. The number of carbonyl (C=O) groups is 1. The number of amides is 2. The molecule has 92 valence electrons. The van der Waals surface area contributed by atoms with E-state index in [0.717, 1.165) is 25.7 Å². The Morgan fingerprint density at radius 1 is 1.44 bits per heavy atom. The van der Waals surface area contributed by atoms with E-state index in [-0.39, 0.29) is 18.1 Å². The van der Waals surface area contributed by atoms with Crippen LogP contribution in [0.4, 0.5) is 4.79 Å². The van der Waals surface area contributed by atoms with Crippen molar-refractivity contribution in [2.75, 3.05) is 13.1 Å². The van der Waals surface area contributed by atoms with Crippen LogP contribution >= 0.6 is 0 Å². The Labute approximate surface area is 97.0 Å². The van der Waals surface area contributed by atoms with Crippen molar-refractivity contribution in [2.45, 2.75) is 51.2 Å². The van der Waals surface area contributed by atoms with Gasteiger partial charge in [-0.05, 0) is 32.1 Å². The number of aliphatic hydroxyl groups is 1. The van der Waals surface area contributed by atoms with Crippen molar-refractivity contribution in [1.82, 2.24) is 10.2 Å². The molecular formula is C12H22N2O2. The molecule has 2 fully saturated rings. The number of hydrogen-bond acceptors (Lipinski definition) is 2. The van der Waals surface area contributed by atoms with Crippen molar-refractivity contribution in [3.63, 3.8) is 0 Å². The van der Waals surface area contributed by atoms with Gasteiger partial charge in [-0.2, -0.15) is 0 Å². The molecule has 2 rings (SSSR count). The maximum absolute atomic E-state index is 11.9. The number of piperidine rings is 1. The van der Waals surface area contributed by atoms with Crippen molar-refractivity contribution >= 4 is 6.03 Å². The lowest BCUT2D eigenvalue weighted by Crippen LogP contribution is -2.52. The van der Waals surface area contributed by atoms with Crippen molar-refractivity contribution in [3.8, 4) is 0 Å².